The molecule has 22 heteroatoms. The average molecular weight is 1000 g/mol. The minimum absolute atomic E-state index is 0.152. The van der Waals surface area contributed by atoms with Crippen molar-refractivity contribution in [2.75, 3.05) is 26.4 Å². The fraction of sp³-hybridized carbons (Fsp3) is 0.667. The summed E-state index contributed by atoms with van der Waals surface area (Å²) in [4.78, 5) is 0. The maximum Gasteiger partial charge on any atom is 0.211 e. The number of hydrogen-bond acceptors (Lipinski definition) is 20. The molecule has 0 bridgehead atoms. The largest absolute Gasteiger partial charge is 0.493 e. The van der Waals surface area contributed by atoms with E-state index in [1.54, 1.807) is 45.0 Å². The van der Waals surface area contributed by atoms with Gasteiger partial charge in [0.05, 0.1) is 50.8 Å². The van der Waals surface area contributed by atoms with Crippen molar-refractivity contribution >= 4 is 11.4 Å². The van der Waals surface area contributed by atoms with E-state index in [2.05, 4.69) is 0 Å². The van der Waals surface area contributed by atoms with Gasteiger partial charge >= 0.3 is 0 Å². The monoisotopic (exact) mass is 1000 g/mol. The molecule has 1 aliphatic rings. The van der Waals surface area contributed by atoms with Crippen LogP contribution in [-0.2, 0) is 25.7 Å². The average Bonchev–Trinajstić information content (AvgIpc) is 3.64. The number of rotatable bonds is 30. The maximum atomic E-state index is 12.6. The SMILES string of the molecule is CCCCC1=C(c2cc(CC(O)C(O)C(O)C(O)CO)c(C)c(CC(O)C(O)C(O)C(O)CO)c2)[N+](=[N-])C(c2cc(CC(O)C(O)C(O)C(O)CO)c(C)c(CC(O)C(O)C(O)C(O)CO)c2)=C1CC. The second-order valence-corrected chi connectivity index (χ2v) is 18.3. The zero-order chi connectivity index (χ0) is 53.1. The van der Waals surface area contributed by atoms with Gasteiger partial charge in [-0.05, 0) is 90.8 Å². The molecule has 16 unspecified atom stereocenters. The molecule has 0 aromatic heterocycles. The molecule has 0 radical (unpaired) electrons. The number of benzene rings is 2. The van der Waals surface area contributed by atoms with Crippen LogP contribution >= 0.6 is 0 Å². The van der Waals surface area contributed by atoms with Crippen molar-refractivity contribution < 1.29 is 107 Å². The standard InChI is InChI=1S/C48H76N2O20/c1-5-7-8-30-29(6-2)39(27-9-23(13-31(55)41(63)45(67)35(59)17-51)21(3)24(10-27)14-32(56)42(64)46(68)36(60)18-52)50(49)40(30)28-11-25(15-33(57)43(65)47(69)37(61)19-53)22(4)26(12-28)16-34(58)44(66)48(70)38(62)20-54/h9-12,31-38,41-48,51-70H,5-8,13-20H2,1-4H3. The summed E-state index contributed by atoms with van der Waals surface area (Å²) in [7, 11) is 0. The summed E-state index contributed by atoms with van der Waals surface area (Å²) in [6, 6.07) is 6.20. The number of unbranched alkanes of at least 4 members (excludes halogenated alkanes) is 1. The molecule has 398 valence electrons. The summed E-state index contributed by atoms with van der Waals surface area (Å²) >= 11 is 0. The third-order valence-corrected chi connectivity index (χ3v) is 13.3. The van der Waals surface area contributed by atoms with E-state index in [4.69, 9.17) is 0 Å². The van der Waals surface area contributed by atoms with Gasteiger partial charge in [0.25, 0.3) is 0 Å². The van der Waals surface area contributed by atoms with Crippen molar-refractivity contribution in [3.05, 3.63) is 85.5 Å². The summed E-state index contributed by atoms with van der Waals surface area (Å²) in [5, 5.41) is 207. The third-order valence-electron chi connectivity index (χ3n) is 13.3. The Hall–Kier alpha value is -3.28. The molecule has 3 rings (SSSR count). The van der Waals surface area contributed by atoms with Crippen molar-refractivity contribution in [3.63, 3.8) is 0 Å². The summed E-state index contributed by atoms with van der Waals surface area (Å²) in [5.74, 6) is 0. The van der Waals surface area contributed by atoms with Gasteiger partial charge in [0.15, 0.2) is 0 Å². The predicted molar refractivity (Wildman–Crippen MR) is 249 cm³/mol. The Morgan fingerprint density at radius 3 is 0.871 bits per heavy atom. The molecule has 0 spiro atoms. The van der Waals surface area contributed by atoms with Gasteiger partial charge < -0.3 is 108 Å². The third kappa shape index (κ3) is 14.5. The van der Waals surface area contributed by atoms with E-state index in [9.17, 15) is 108 Å². The smallest absolute Gasteiger partial charge is 0.211 e. The highest BCUT2D eigenvalue weighted by molar-refractivity contribution is 5.83. The van der Waals surface area contributed by atoms with Gasteiger partial charge in [-0.3, -0.25) is 0 Å². The first kappa shape index (κ1) is 61.0. The second-order valence-electron chi connectivity index (χ2n) is 18.3. The Bertz CT molecular complexity index is 1970. The summed E-state index contributed by atoms with van der Waals surface area (Å²) in [5.41, 5.74) is 16.2. The number of nitrogens with zero attached hydrogens (tertiary/aromatic N) is 2. The van der Waals surface area contributed by atoms with Crippen molar-refractivity contribution in [1.82, 2.24) is 0 Å². The lowest BCUT2D eigenvalue weighted by Crippen LogP contribution is -2.46. The van der Waals surface area contributed by atoms with Gasteiger partial charge in [0.1, 0.15) is 73.2 Å². The van der Waals surface area contributed by atoms with E-state index in [1.807, 2.05) is 6.92 Å². The first-order valence-corrected chi connectivity index (χ1v) is 23.4. The minimum Gasteiger partial charge on any atom is -0.493 e. The molecular formula is C48H76N2O20. The highest BCUT2D eigenvalue weighted by atomic mass is 16.4. The quantitative estimate of drug-likeness (QED) is 0.0326. The van der Waals surface area contributed by atoms with Gasteiger partial charge in [-0.15, -0.1) is 0 Å². The zero-order valence-electron chi connectivity index (χ0n) is 39.9. The van der Waals surface area contributed by atoms with Gasteiger partial charge in [0, 0.05) is 48.0 Å². The Balaban J connectivity index is 2.38. The molecule has 0 saturated carbocycles. The van der Waals surface area contributed by atoms with E-state index in [-0.39, 0.29) is 51.2 Å². The lowest BCUT2D eigenvalue weighted by atomic mass is 9.86. The molecule has 0 saturated heterocycles. The molecular weight excluding hydrogens is 925 g/mol. The van der Waals surface area contributed by atoms with Crippen molar-refractivity contribution in [2.24, 2.45) is 0 Å². The molecule has 2 aromatic carbocycles. The highest BCUT2D eigenvalue weighted by Gasteiger charge is 2.39. The number of allylic oxidation sites excluding steroid dienone is 2. The van der Waals surface area contributed by atoms with Crippen LogP contribution in [0.3, 0.4) is 0 Å². The summed E-state index contributed by atoms with van der Waals surface area (Å²) in [6.07, 6.45) is -30.3. The lowest BCUT2D eigenvalue weighted by molar-refractivity contribution is -0.345. The first-order valence-electron chi connectivity index (χ1n) is 23.4. The fourth-order valence-corrected chi connectivity index (χ4v) is 8.69. The minimum atomic E-state index is -1.99. The van der Waals surface area contributed by atoms with Crippen LogP contribution in [0.2, 0.25) is 0 Å². The van der Waals surface area contributed by atoms with E-state index in [0.717, 1.165) is 4.70 Å². The van der Waals surface area contributed by atoms with E-state index in [0.29, 0.717) is 41.5 Å². The first-order chi connectivity index (χ1) is 32.9. The van der Waals surface area contributed by atoms with Crippen LogP contribution in [0.15, 0.2) is 35.4 Å². The summed E-state index contributed by atoms with van der Waals surface area (Å²) < 4.78 is 0.860. The fourth-order valence-electron chi connectivity index (χ4n) is 8.69. The van der Waals surface area contributed by atoms with Crippen LogP contribution in [0, 0.1) is 13.8 Å². The van der Waals surface area contributed by atoms with Gasteiger partial charge in [-0.2, -0.15) is 0 Å². The topological polar surface area (TPSA) is 430 Å². The highest BCUT2D eigenvalue weighted by Crippen LogP contribution is 2.45. The summed E-state index contributed by atoms with van der Waals surface area (Å²) in [6.45, 7) is 3.10. The Kier molecular flexibility index (Phi) is 24.1. The Labute approximate surface area is 406 Å². The lowest BCUT2D eigenvalue weighted by Gasteiger charge is -2.28. The molecule has 1 heterocycles. The van der Waals surface area contributed by atoms with E-state index in [1.165, 1.54) is 0 Å². The van der Waals surface area contributed by atoms with Crippen LogP contribution in [-0.4, -0.2) is 231 Å². The van der Waals surface area contributed by atoms with Crippen LogP contribution in [0.4, 0.5) is 0 Å². The number of aliphatic hydroxyl groups is 20. The normalized spacial score (nSPS) is 20.5. The zero-order valence-corrected chi connectivity index (χ0v) is 39.9. The van der Waals surface area contributed by atoms with Crippen molar-refractivity contribution in [2.45, 2.75) is 177 Å². The molecule has 20 N–H and O–H groups in total. The Morgan fingerprint density at radius 1 is 0.400 bits per heavy atom. The molecule has 0 amide bonds. The van der Waals surface area contributed by atoms with E-state index >= 15 is 0 Å². The molecule has 0 aliphatic carbocycles. The molecule has 22 nitrogen and oxygen atoms in total. The second kappa shape index (κ2) is 27.7. The van der Waals surface area contributed by atoms with Gasteiger partial charge in [-0.25, -0.2) is 4.70 Å². The molecule has 2 aromatic rings. The van der Waals surface area contributed by atoms with Crippen molar-refractivity contribution in [1.29, 1.82) is 0 Å². The van der Waals surface area contributed by atoms with Crippen molar-refractivity contribution in [3.8, 4) is 0 Å². The van der Waals surface area contributed by atoms with Gasteiger partial charge in [0.2, 0.25) is 11.4 Å². The molecule has 1 aliphatic heterocycles. The molecule has 70 heavy (non-hydrogen) atoms. The van der Waals surface area contributed by atoms with Crippen LogP contribution in [0.1, 0.15) is 84.0 Å². The number of aliphatic hydroxyl groups excluding tert-OH is 20. The number of hydrogen-bond donors (Lipinski definition) is 20. The maximum absolute atomic E-state index is 12.6. The molecule has 16 atom stereocenters. The van der Waals surface area contributed by atoms with Crippen LogP contribution in [0.5, 0.6) is 0 Å². The Morgan fingerprint density at radius 2 is 0.643 bits per heavy atom. The predicted octanol–water partition coefficient (Wildman–Crippen LogP) is -5.01. The van der Waals surface area contributed by atoms with Crippen LogP contribution < -0.4 is 0 Å². The van der Waals surface area contributed by atoms with Crippen LogP contribution in [0.25, 0.3) is 16.9 Å². The van der Waals surface area contributed by atoms with Gasteiger partial charge in [-0.1, -0.05) is 20.3 Å². The van der Waals surface area contributed by atoms with E-state index < -0.39 is 150 Å². The molecule has 0 fully saturated rings.